The zero-order valence-electron chi connectivity index (χ0n) is 9.60. The van der Waals surface area contributed by atoms with Crippen LogP contribution in [0.3, 0.4) is 0 Å². The molecule has 1 atom stereocenters. The summed E-state index contributed by atoms with van der Waals surface area (Å²) in [6.45, 7) is 0.322. The molecule has 1 unspecified atom stereocenters. The standard InChI is InChI=1S/C13H17NO3/c15-11-3-1-2-9(6-11)7-13(17)14-8-12(16)10-4-5-10/h1-3,6,10,12,15-16H,4-5,7-8H2,(H,14,17). The van der Waals surface area contributed by atoms with Crippen molar-refractivity contribution in [2.24, 2.45) is 5.92 Å². The Morgan fingerprint density at radius 3 is 2.88 bits per heavy atom. The molecular weight excluding hydrogens is 218 g/mol. The number of aromatic hydroxyl groups is 1. The van der Waals surface area contributed by atoms with Crippen LogP contribution < -0.4 is 5.32 Å². The highest BCUT2D eigenvalue weighted by molar-refractivity contribution is 5.78. The highest BCUT2D eigenvalue weighted by Crippen LogP contribution is 2.32. The highest BCUT2D eigenvalue weighted by atomic mass is 16.3. The Balaban J connectivity index is 1.76. The van der Waals surface area contributed by atoms with Gasteiger partial charge in [-0.1, -0.05) is 12.1 Å². The smallest absolute Gasteiger partial charge is 0.224 e. The molecule has 2 rings (SSSR count). The molecule has 0 bridgehead atoms. The highest BCUT2D eigenvalue weighted by Gasteiger charge is 2.29. The molecule has 0 heterocycles. The summed E-state index contributed by atoms with van der Waals surface area (Å²) >= 11 is 0. The first kappa shape index (κ1) is 11.9. The lowest BCUT2D eigenvalue weighted by atomic mass is 10.1. The van der Waals surface area contributed by atoms with E-state index >= 15 is 0 Å². The van der Waals surface area contributed by atoms with Gasteiger partial charge in [0, 0.05) is 6.54 Å². The first-order chi connectivity index (χ1) is 8.15. The van der Waals surface area contributed by atoms with Gasteiger partial charge in [-0.15, -0.1) is 0 Å². The molecule has 1 fully saturated rings. The maximum Gasteiger partial charge on any atom is 0.224 e. The zero-order valence-corrected chi connectivity index (χ0v) is 9.60. The first-order valence-corrected chi connectivity index (χ1v) is 5.88. The second kappa shape index (κ2) is 5.19. The maximum absolute atomic E-state index is 11.6. The van der Waals surface area contributed by atoms with Crippen LogP contribution >= 0.6 is 0 Å². The van der Waals surface area contributed by atoms with Gasteiger partial charge >= 0.3 is 0 Å². The topological polar surface area (TPSA) is 69.6 Å². The van der Waals surface area contributed by atoms with Crippen molar-refractivity contribution in [3.8, 4) is 5.75 Å². The molecule has 92 valence electrons. The van der Waals surface area contributed by atoms with Gasteiger partial charge in [0.1, 0.15) is 5.75 Å². The van der Waals surface area contributed by atoms with E-state index in [0.717, 1.165) is 18.4 Å². The van der Waals surface area contributed by atoms with Gasteiger partial charge in [-0.2, -0.15) is 0 Å². The van der Waals surface area contributed by atoms with E-state index in [1.807, 2.05) is 0 Å². The second-order valence-electron chi connectivity index (χ2n) is 4.56. The molecule has 4 nitrogen and oxygen atoms in total. The van der Waals surface area contributed by atoms with Gasteiger partial charge in [0.05, 0.1) is 12.5 Å². The van der Waals surface area contributed by atoms with Crippen LogP contribution in [0.5, 0.6) is 5.75 Å². The predicted octanol–water partition coefficient (Wildman–Crippen LogP) is 0.822. The van der Waals surface area contributed by atoms with Crippen LogP contribution in [0.1, 0.15) is 18.4 Å². The van der Waals surface area contributed by atoms with Crippen molar-refractivity contribution in [1.82, 2.24) is 5.32 Å². The Morgan fingerprint density at radius 2 is 2.24 bits per heavy atom. The molecule has 0 saturated heterocycles. The Hall–Kier alpha value is -1.55. The van der Waals surface area contributed by atoms with E-state index in [-0.39, 0.29) is 18.1 Å². The van der Waals surface area contributed by atoms with Crippen molar-refractivity contribution in [3.63, 3.8) is 0 Å². The first-order valence-electron chi connectivity index (χ1n) is 5.88. The van der Waals surface area contributed by atoms with Gasteiger partial charge in [-0.25, -0.2) is 0 Å². The third-order valence-corrected chi connectivity index (χ3v) is 2.95. The summed E-state index contributed by atoms with van der Waals surface area (Å²) in [5.41, 5.74) is 0.767. The number of carbonyl (C=O) groups is 1. The number of phenols is 1. The van der Waals surface area contributed by atoms with E-state index in [1.54, 1.807) is 24.3 Å². The Bertz CT molecular complexity index is 401. The van der Waals surface area contributed by atoms with Crippen molar-refractivity contribution in [3.05, 3.63) is 29.8 Å². The van der Waals surface area contributed by atoms with Crippen molar-refractivity contribution in [2.75, 3.05) is 6.54 Å². The lowest BCUT2D eigenvalue weighted by molar-refractivity contribution is -0.120. The fourth-order valence-electron chi connectivity index (χ4n) is 1.78. The van der Waals surface area contributed by atoms with Gasteiger partial charge in [0.15, 0.2) is 0 Å². The fourth-order valence-corrected chi connectivity index (χ4v) is 1.78. The molecule has 1 aliphatic carbocycles. The number of rotatable bonds is 5. The number of phenolic OH excluding ortho intramolecular Hbond substituents is 1. The van der Waals surface area contributed by atoms with E-state index < -0.39 is 6.10 Å². The van der Waals surface area contributed by atoms with E-state index in [2.05, 4.69) is 5.32 Å². The fraction of sp³-hybridized carbons (Fsp3) is 0.462. The molecule has 3 N–H and O–H groups in total. The average Bonchev–Trinajstić information content (AvgIpc) is 3.09. The van der Waals surface area contributed by atoms with Gasteiger partial charge in [0.2, 0.25) is 5.91 Å². The summed E-state index contributed by atoms with van der Waals surface area (Å²) in [7, 11) is 0. The number of aliphatic hydroxyl groups is 1. The number of hydrogen-bond acceptors (Lipinski definition) is 3. The number of aliphatic hydroxyl groups excluding tert-OH is 1. The lowest BCUT2D eigenvalue weighted by Gasteiger charge is -2.10. The van der Waals surface area contributed by atoms with Crippen LogP contribution in [-0.4, -0.2) is 28.8 Å². The van der Waals surface area contributed by atoms with Gasteiger partial charge in [-0.05, 0) is 36.5 Å². The Kier molecular flexibility index (Phi) is 3.64. The molecule has 0 aliphatic heterocycles. The van der Waals surface area contributed by atoms with Crippen LogP contribution in [0.25, 0.3) is 0 Å². The van der Waals surface area contributed by atoms with Crippen LogP contribution in [0.2, 0.25) is 0 Å². The SMILES string of the molecule is O=C(Cc1cccc(O)c1)NCC(O)C1CC1. The molecule has 17 heavy (non-hydrogen) atoms. The number of amides is 1. The van der Waals surface area contributed by atoms with Crippen LogP contribution in [0.15, 0.2) is 24.3 Å². The molecule has 0 spiro atoms. The van der Waals surface area contributed by atoms with Crippen LogP contribution in [0, 0.1) is 5.92 Å². The summed E-state index contributed by atoms with van der Waals surface area (Å²) in [4.78, 5) is 11.6. The summed E-state index contributed by atoms with van der Waals surface area (Å²) in [5.74, 6) is 0.402. The van der Waals surface area contributed by atoms with E-state index in [9.17, 15) is 15.0 Å². The average molecular weight is 235 g/mol. The second-order valence-corrected chi connectivity index (χ2v) is 4.56. The van der Waals surface area contributed by atoms with E-state index in [1.165, 1.54) is 0 Å². The summed E-state index contributed by atoms with van der Waals surface area (Å²) < 4.78 is 0. The van der Waals surface area contributed by atoms with Crippen molar-refractivity contribution >= 4 is 5.91 Å². The van der Waals surface area contributed by atoms with Crippen molar-refractivity contribution in [1.29, 1.82) is 0 Å². The van der Waals surface area contributed by atoms with Crippen LogP contribution in [-0.2, 0) is 11.2 Å². The number of carbonyl (C=O) groups excluding carboxylic acids is 1. The minimum Gasteiger partial charge on any atom is -0.508 e. The molecule has 1 aromatic carbocycles. The normalized spacial score (nSPS) is 16.5. The van der Waals surface area contributed by atoms with Crippen LogP contribution in [0.4, 0.5) is 0 Å². The molecule has 0 radical (unpaired) electrons. The summed E-state index contributed by atoms with van der Waals surface area (Å²) in [6.07, 6.45) is 1.93. The van der Waals surface area contributed by atoms with Gasteiger partial charge < -0.3 is 15.5 Å². The zero-order chi connectivity index (χ0) is 12.3. The quantitative estimate of drug-likeness (QED) is 0.707. The molecule has 0 aromatic heterocycles. The number of nitrogens with one attached hydrogen (secondary N) is 1. The lowest BCUT2D eigenvalue weighted by Crippen LogP contribution is -2.34. The maximum atomic E-state index is 11.6. The molecule has 4 heteroatoms. The minimum atomic E-state index is -0.414. The largest absolute Gasteiger partial charge is 0.508 e. The number of benzene rings is 1. The summed E-state index contributed by atoms with van der Waals surface area (Å²) in [6, 6.07) is 6.63. The molecule has 1 saturated carbocycles. The van der Waals surface area contributed by atoms with Gasteiger partial charge in [0.25, 0.3) is 0 Å². The van der Waals surface area contributed by atoms with Crippen molar-refractivity contribution in [2.45, 2.75) is 25.4 Å². The monoisotopic (exact) mass is 235 g/mol. The molecule has 1 aromatic rings. The molecule has 1 aliphatic rings. The van der Waals surface area contributed by atoms with Gasteiger partial charge in [-0.3, -0.25) is 4.79 Å². The number of hydrogen-bond donors (Lipinski definition) is 3. The van der Waals surface area contributed by atoms with E-state index in [4.69, 9.17) is 0 Å². The molecule has 1 amide bonds. The summed E-state index contributed by atoms with van der Waals surface area (Å²) in [5, 5.41) is 21.5. The Labute approximate surface area is 100 Å². The third kappa shape index (κ3) is 3.75. The van der Waals surface area contributed by atoms with Crippen molar-refractivity contribution < 1.29 is 15.0 Å². The predicted molar refractivity (Wildman–Crippen MR) is 63.6 cm³/mol. The van der Waals surface area contributed by atoms with E-state index in [0.29, 0.717) is 12.5 Å². The minimum absolute atomic E-state index is 0.129. The third-order valence-electron chi connectivity index (χ3n) is 2.95. The Morgan fingerprint density at radius 1 is 1.47 bits per heavy atom. The molecular formula is C13H17NO3.